The second kappa shape index (κ2) is 3.79. The first-order valence-corrected chi connectivity index (χ1v) is 6.80. The molecule has 1 aliphatic heterocycles. The maximum Gasteiger partial charge on any atom is 0.130 e. The highest BCUT2D eigenvalue weighted by Gasteiger charge is 2.28. The van der Waals surface area contributed by atoms with Crippen LogP contribution in [0.4, 0.5) is 4.39 Å². The fraction of sp³-hybridized carbons (Fsp3) is 0.357. The number of nitrogens with zero attached hydrogens (tertiary/aromatic N) is 1. The lowest BCUT2D eigenvalue weighted by Crippen LogP contribution is -2.39. The molecule has 3 rings (SSSR count). The third-order valence-electron chi connectivity index (χ3n) is 3.15. The summed E-state index contributed by atoms with van der Waals surface area (Å²) in [5.41, 5.74) is 1.05. The molecule has 4 heteroatoms. The van der Waals surface area contributed by atoms with Crippen molar-refractivity contribution >= 4 is 27.3 Å². The standard InChI is InChI=1S/C14H15FN2S/c1-8-12(13-16-7-14(2,3)17-13)10-6-9(15)4-5-11(10)18-8/h4-6H,7H2,1-3H3,(H,16,17). The fourth-order valence-corrected chi connectivity index (χ4v) is 3.35. The molecule has 0 unspecified atom stereocenters. The molecule has 2 heterocycles. The third kappa shape index (κ3) is 1.81. The number of fused-ring (bicyclic) bond motifs is 1. The van der Waals surface area contributed by atoms with Crippen LogP contribution in [0.25, 0.3) is 10.1 Å². The number of aryl methyl sites for hydroxylation is 1. The number of thiophene rings is 1. The number of nitrogens with one attached hydrogen (secondary N) is 1. The van der Waals surface area contributed by atoms with Crippen LogP contribution >= 0.6 is 11.3 Å². The van der Waals surface area contributed by atoms with Crippen LogP contribution in [-0.4, -0.2) is 17.9 Å². The summed E-state index contributed by atoms with van der Waals surface area (Å²) in [4.78, 5) is 5.74. The van der Waals surface area contributed by atoms with Crippen LogP contribution < -0.4 is 5.32 Å². The number of aliphatic imine (C=N–C) groups is 1. The molecule has 1 aromatic carbocycles. The minimum Gasteiger partial charge on any atom is -0.363 e. The summed E-state index contributed by atoms with van der Waals surface area (Å²) in [7, 11) is 0. The number of rotatable bonds is 1. The normalized spacial score (nSPS) is 17.9. The van der Waals surface area contributed by atoms with Crippen LogP contribution in [0, 0.1) is 12.7 Å². The van der Waals surface area contributed by atoms with E-state index in [1.165, 1.54) is 10.9 Å². The van der Waals surface area contributed by atoms with Crippen molar-refractivity contribution in [3.63, 3.8) is 0 Å². The van der Waals surface area contributed by atoms with E-state index < -0.39 is 0 Å². The van der Waals surface area contributed by atoms with Crippen molar-refractivity contribution in [3.8, 4) is 0 Å². The van der Waals surface area contributed by atoms with E-state index >= 15 is 0 Å². The zero-order chi connectivity index (χ0) is 12.9. The van der Waals surface area contributed by atoms with Gasteiger partial charge in [-0.3, -0.25) is 4.99 Å². The van der Waals surface area contributed by atoms with Gasteiger partial charge in [0.1, 0.15) is 11.7 Å². The van der Waals surface area contributed by atoms with Crippen molar-refractivity contribution in [2.24, 2.45) is 4.99 Å². The van der Waals surface area contributed by atoms with Gasteiger partial charge >= 0.3 is 0 Å². The molecular weight excluding hydrogens is 247 g/mol. The van der Waals surface area contributed by atoms with Crippen molar-refractivity contribution in [2.75, 3.05) is 6.54 Å². The second-order valence-corrected chi connectivity index (χ2v) is 6.60. The van der Waals surface area contributed by atoms with Crippen LogP contribution in [0.2, 0.25) is 0 Å². The summed E-state index contributed by atoms with van der Waals surface area (Å²) in [6.45, 7) is 7.06. The van der Waals surface area contributed by atoms with Crippen molar-refractivity contribution in [3.05, 3.63) is 34.5 Å². The molecule has 0 aliphatic carbocycles. The lowest BCUT2D eigenvalue weighted by atomic mass is 10.1. The van der Waals surface area contributed by atoms with Crippen molar-refractivity contribution in [1.29, 1.82) is 0 Å². The summed E-state index contributed by atoms with van der Waals surface area (Å²) < 4.78 is 14.5. The van der Waals surface area contributed by atoms with E-state index in [1.54, 1.807) is 17.4 Å². The number of hydrogen-bond donors (Lipinski definition) is 1. The molecule has 0 amide bonds. The van der Waals surface area contributed by atoms with Gasteiger partial charge in [-0.1, -0.05) is 0 Å². The van der Waals surface area contributed by atoms with Gasteiger partial charge in [0, 0.05) is 20.5 Å². The van der Waals surface area contributed by atoms with E-state index in [1.807, 2.05) is 6.07 Å². The zero-order valence-electron chi connectivity index (χ0n) is 10.7. The third-order valence-corrected chi connectivity index (χ3v) is 4.24. The predicted molar refractivity (Wildman–Crippen MR) is 75.1 cm³/mol. The smallest absolute Gasteiger partial charge is 0.130 e. The molecule has 2 aromatic rings. The Kier molecular flexibility index (Phi) is 2.45. The molecule has 18 heavy (non-hydrogen) atoms. The molecule has 1 N–H and O–H groups in total. The maximum absolute atomic E-state index is 13.4. The minimum absolute atomic E-state index is 0.0106. The highest BCUT2D eigenvalue weighted by Crippen LogP contribution is 2.32. The summed E-state index contributed by atoms with van der Waals surface area (Å²) in [6, 6.07) is 4.95. The molecule has 94 valence electrons. The minimum atomic E-state index is -0.195. The van der Waals surface area contributed by atoms with E-state index in [4.69, 9.17) is 0 Å². The topological polar surface area (TPSA) is 24.4 Å². The Bertz CT molecular complexity index is 655. The average Bonchev–Trinajstić information content (AvgIpc) is 2.77. The van der Waals surface area contributed by atoms with Gasteiger partial charge in [-0.25, -0.2) is 4.39 Å². The Labute approximate surface area is 110 Å². The van der Waals surface area contributed by atoms with Crippen molar-refractivity contribution in [2.45, 2.75) is 26.3 Å². The van der Waals surface area contributed by atoms with Crippen LogP contribution in [-0.2, 0) is 0 Å². The second-order valence-electron chi connectivity index (χ2n) is 5.35. The van der Waals surface area contributed by atoms with Gasteiger partial charge in [-0.15, -0.1) is 11.3 Å². The first-order chi connectivity index (χ1) is 8.46. The molecule has 2 nitrogen and oxygen atoms in total. The molecule has 0 radical (unpaired) electrons. The van der Waals surface area contributed by atoms with Gasteiger partial charge in [0.15, 0.2) is 0 Å². The van der Waals surface area contributed by atoms with Crippen LogP contribution in [0.3, 0.4) is 0 Å². The fourth-order valence-electron chi connectivity index (χ4n) is 2.30. The van der Waals surface area contributed by atoms with Crippen molar-refractivity contribution < 1.29 is 4.39 Å². The summed E-state index contributed by atoms with van der Waals surface area (Å²) in [6.07, 6.45) is 0. The van der Waals surface area contributed by atoms with E-state index in [-0.39, 0.29) is 11.4 Å². The lowest BCUT2D eigenvalue weighted by Gasteiger charge is -2.18. The van der Waals surface area contributed by atoms with E-state index in [0.717, 1.165) is 28.0 Å². The van der Waals surface area contributed by atoms with Crippen molar-refractivity contribution in [1.82, 2.24) is 5.32 Å². The number of amidine groups is 1. The Morgan fingerprint density at radius 2 is 2.17 bits per heavy atom. The molecule has 1 aliphatic rings. The molecular formula is C14H15FN2S. The monoisotopic (exact) mass is 262 g/mol. The van der Waals surface area contributed by atoms with Gasteiger partial charge < -0.3 is 5.32 Å². The van der Waals surface area contributed by atoms with Crippen LogP contribution in [0.1, 0.15) is 24.3 Å². The van der Waals surface area contributed by atoms with Gasteiger partial charge in [0.25, 0.3) is 0 Å². The summed E-state index contributed by atoms with van der Waals surface area (Å²) >= 11 is 1.69. The van der Waals surface area contributed by atoms with Gasteiger partial charge in [0.05, 0.1) is 12.1 Å². The van der Waals surface area contributed by atoms with E-state index in [0.29, 0.717) is 0 Å². The molecule has 0 atom stereocenters. The average molecular weight is 262 g/mol. The largest absolute Gasteiger partial charge is 0.363 e. The molecule has 0 spiro atoms. The molecule has 0 saturated heterocycles. The Morgan fingerprint density at radius 3 is 2.83 bits per heavy atom. The Balaban J connectivity index is 2.17. The number of hydrogen-bond acceptors (Lipinski definition) is 3. The summed E-state index contributed by atoms with van der Waals surface area (Å²) in [5, 5.41) is 4.38. The maximum atomic E-state index is 13.4. The summed E-state index contributed by atoms with van der Waals surface area (Å²) in [5.74, 6) is 0.703. The van der Waals surface area contributed by atoms with Gasteiger partial charge in [0.2, 0.25) is 0 Å². The first-order valence-electron chi connectivity index (χ1n) is 5.98. The SMILES string of the molecule is Cc1sc2ccc(F)cc2c1C1=NCC(C)(C)N1. The Hall–Kier alpha value is -1.42. The lowest BCUT2D eigenvalue weighted by molar-refractivity contribution is 0.506. The van der Waals surface area contributed by atoms with E-state index in [9.17, 15) is 4.39 Å². The Morgan fingerprint density at radius 1 is 1.39 bits per heavy atom. The highest BCUT2D eigenvalue weighted by molar-refractivity contribution is 7.19. The van der Waals surface area contributed by atoms with Crippen LogP contribution in [0.15, 0.2) is 23.2 Å². The highest BCUT2D eigenvalue weighted by atomic mass is 32.1. The zero-order valence-corrected chi connectivity index (χ0v) is 11.5. The first kappa shape index (κ1) is 11.7. The predicted octanol–water partition coefficient (Wildman–Crippen LogP) is 3.48. The van der Waals surface area contributed by atoms with Gasteiger partial charge in [-0.05, 0) is 39.0 Å². The van der Waals surface area contributed by atoms with Crippen LogP contribution in [0.5, 0.6) is 0 Å². The van der Waals surface area contributed by atoms with Gasteiger partial charge in [-0.2, -0.15) is 0 Å². The molecule has 0 saturated carbocycles. The number of benzene rings is 1. The quantitative estimate of drug-likeness (QED) is 0.836. The number of halogens is 1. The molecule has 0 fully saturated rings. The van der Waals surface area contributed by atoms with E-state index in [2.05, 4.69) is 31.1 Å². The molecule has 0 bridgehead atoms. The molecule has 1 aromatic heterocycles.